The molecule has 0 heterocycles. The molecule has 3 nitrogen and oxygen atoms in total. The number of hydrogen-bond donors (Lipinski definition) is 1. The van der Waals surface area contributed by atoms with Crippen molar-refractivity contribution < 1.29 is 14.6 Å². The standard InChI is InChI=1S/C13H20O3S/c1-5-16-13(15)10(2)17(3,4)12-8-6-11(14)7-9-12/h6-10,14H,5H2,1-4H3/t10-/m1/s1. The number of phenolic OH excluding ortho intramolecular Hbond substituents is 1. The summed E-state index contributed by atoms with van der Waals surface area (Å²) in [5, 5.41) is 9.13. The zero-order valence-electron chi connectivity index (χ0n) is 10.8. The number of phenols is 1. The molecule has 0 aliphatic carbocycles. The molecule has 0 radical (unpaired) electrons. The molecule has 0 fully saturated rings. The van der Waals surface area contributed by atoms with E-state index in [1.54, 1.807) is 12.1 Å². The van der Waals surface area contributed by atoms with Crippen LogP contribution in [0.25, 0.3) is 0 Å². The van der Waals surface area contributed by atoms with E-state index in [2.05, 4.69) is 12.5 Å². The Labute approximate surface area is 104 Å². The van der Waals surface area contributed by atoms with Crippen molar-refractivity contribution >= 4 is 16.0 Å². The molecule has 0 aliphatic heterocycles. The molecule has 1 N–H and O–H groups in total. The van der Waals surface area contributed by atoms with Crippen molar-refractivity contribution in [2.45, 2.75) is 24.0 Å². The minimum atomic E-state index is -1.26. The second-order valence-electron chi connectivity index (χ2n) is 4.29. The third-order valence-electron chi connectivity index (χ3n) is 2.95. The second-order valence-corrected chi connectivity index (χ2v) is 8.28. The van der Waals surface area contributed by atoms with Gasteiger partial charge in [0, 0.05) is 0 Å². The fourth-order valence-electron chi connectivity index (χ4n) is 1.50. The number of aromatic hydroxyl groups is 1. The van der Waals surface area contributed by atoms with Crippen molar-refractivity contribution in [2.75, 3.05) is 19.1 Å². The fraction of sp³-hybridized carbons (Fsp3) is 0.462. The number of esters is 1. The van der Waals surface area contributed by atoms with E-state index in [1.165, 1.54) is 0 Å². The maximum Gasteiger partial charge on any atom is 0.317 e. The Bertz CT molecular complexity index is 384. The van der Waals surface area contributed by atoms with Gasteiger partial charge >= 0.3 is 5.97 Å². The summed E-state index contributed by atoms with van der Waals surface area (Å²) in [7, 11) is -1.26. The van der Waals surface area contributed by atoms with Crippen LogP contribution in [-0.4, -0.2) is 35.4 Å². The molecule has 0 aromatic heterocycles. The van der Waals surface area contributed by atoms with E-state index in [-0.39, 0.29) is 17.0 Å². The van der Waals surface area contributed by atoms with Gasteiger partial charge in [-0.15, -0.1) is 0 Å². The average Bonchev–Trinajstić information content (AvgIpc) is 2.29. The van der Waals surface area contributed by atoms with E-state index in [0.717, 1.165) is 4.90 Å². The molecule has 0 bridgehead atoms. The highest BCUT2D eigenvalue weighted by Crippen LogP contribution is 2.53. The lowest BCUT2D eigenvalue weighted by atomic mass is 10.3. The van der Waals surface area contributed by atoms with Crippen molar-refractivity contribution in [1.29, 1.82) is 0 Å². The highest BCUT2D eigenvalue weighted by molar-refractivity contribution is 8.33. The van der Waals surface area contributed by atoms with E-state index in [9.17, 15) is 9.90 Å². The molecule has 1 rings (SSSR count). The maximum absolute atomic E-state index is 11.8. The average molecular weight is 256 g/mol. The lowest BCUT2D eigenvalue weighted by molar-refractivity contribution is -0.142. The van der Waals surface area contributed by atoms with Gasteiger partial charge in [0.05, 0.1) is 11.9 Å². The van der Waals surface area contributed by atoms with Crippen LogP contribution in [0, 0.1) is 0 Å². The molecule has 0 amide bonds. The van der Waals surface area contributed by atoms with Crippen LogP contribution in [0.1, 0.15) is 13.8 Å². The largest absolute Gasteiger partial charge is 0.508 e. The van der Waals surface area contributed by atoms with Gasteiger partial charge in [-0.25, -0.2) is 10.0 Å². The topological polar surface area (TPSA) is 46.5 Å². The summed E-state index contributed by atoms with van der Waals surface area (Å²) in [6, 6.07) is 7.06. The number of ether oxygens (including phenoxy) is 1. The van der Waals surface area contributed by atoms with E-state index < -0.39 is 10.0 Å². The second kappa shape index (κ2) is 5.45. The maximum atomic E-state index is 11.8. The van der Waals surface area contributed by atoms with Crippen molar-refractivity contribution in [3.8, 4) is 5.75 Å². The van der Waals surface area contributed by atoms with Crippen LogP contribution in [-0.2, 0) is 9.53 Å². The Balaban J connectivity index is 2.93. The first-order valence-corrected chi connectivity index (χ1v) is 8.08. The molecule has 0 spiro atoms. The normalized spacial score (nSPS) is 14.1. The predicted octanol–water partition coefficient (Wildman–Crippen LogP) is 2.77. The summed E-state index contributed by atoms with van der Waals surface area (Å²) in [5.74, 6) is 0.0910. The van der Waals surface area contributed by atoms with Crippen molar-refractivity contribution in [3.05, 3.63) is 24.3 Å². The van der Waals surface area contributed by atoms with E-state index in [4.69, 9.17) is 4.74 Å². The number of carbonyl (C=O) groups excluding carboxylic acids is 1. The Morgan fingerprint density at radius 3 is 2.35 bits per heavy atom. The molecule has 17 heavy (non-hydrogen) atoms. The van der Waals surface area contributed by atoms with Crippen LogP contribution >= 0.6 is 10.0 Å². The third kappa shape index (κ3) is 3.16. The predicted molar refractivity (Wildman–Crippen MR) is 71.9 cm³/mol. The van der Waals surface area contributed by atoms with Crippen LogP contribution in [0.4, 0.5) is 0 Å². The van der Waals surface area contributed by atoms with Crippen LogP contribution < -0.4 is 0 Å². The van der Waals surface area contributed by atoms with Crippen LogP contribution in [0.3, 0.4) is 0 Å². The first kappa shape index (κ1) is 13.9. The van der Waals surface area contributed by atoms with Gasteiger partial charge in [0.1, 0.15) is 5.75 Å². The molecule has 1 aromatic rings. The Hall–Kier alpha value is -1.16. The Kier molecular flexibility index (Phi) is 4.46. The minimum absolute atomic E-state index is 0.146. The number of rotatable bonds is 4. The summed E-state index contributed by atoms with van der Waals surface area (Å²) in [6.07, 6.45) is 4.17. The summed E-state index contributed by atoms with van der Waals surface area (Å²) in [5.41, 5.74) is 0. The smallest absolute Gasteiger partial charge is 0.317 e. The SMILES string of the molecule is CCOC(=O)[C@@H](C)S(C)(C)c1ccc(O)cc1. The number of benzene rings is 1. The molecule has 4 heteroatoms. The molecule has 96 valence electrons. The van der Waals surface area contributed by atoms with Crippen molar-refractivity contribution in [1.82, 2.24) is 0 Å². The zero-order valence-corrected chi connectivity index (χ0v) is 11.6. The molecule has 1 aromatic carbocycles. The van der Waals surface area contributed by atoms with Gasteiger partial charge in [0.25, 0.3) is 0 Å². The summed E-state index contributed by atoms with van der Waals surface area (Å²) >= 11 is 0. The summed E-state index contributed by atoms with van der Waals surface area (Å²) < 4.78 is 5.07. The molecule has 1 atom stereocenters. The Morgan fingerprint density at radius 2 is 1.88 bits per heavy atom. The van der Waals surface area contributed by atoms with Crippen molar-refractivity contribution in [2.24, 2.45) is 0 Å². The van der Waals surface area contributed by atoms with E-state index in [0.29, 0.717) is 6.61 Å². The minimum Gasteiger partial charge on any atom is -0.508 e. The van der Waals surface area contributed by atoms with Crippen molar-refractivity contribution in [3.63, 3.8) is 0 Å². The first-order chi connectivity index (χ1) is 7.89. The monoisotopic (exact) mass is 256 g/mol. The molecular weight excluding hydrogens is 236 g/mol. The van der Waals surface area contributed by atoms with Gasteiger partial charge in [0.15, 0.2) is 0 Å². The van der Waals surface area contributed by atoms with Crippen LogP contribution in [0.2, 0.25) is 0 Å². The lowest BCUT2D eigenvalue weighted by Crippen LogP contribution is -2.25. The van der Waals surface area contributed by atoms with Gasteiger partial charge in [-0.3, -0.25) is 4.79 Å². The van der Waals surface area contributed by atoms with Crippen LogP contribution in [0.5, 0.6) is 5.75 Å². The Morgan fingerprint density at radius 1 is 1.35 bits per heavy atom. The zero-order chi connectivity index (χ0) is 13.1. The summed E-state index contributed by atoms with van der Waals surface area (Å²) in [6.45, 7) is 4.13. The molecular formula is C13H20O3S. The third-order valence-corrected chi connectivity index (χ3v) is 6.39. The van der Waals surface area contributed by atoms with Gasteiger partial charge in [-0.05, 0) is 55.5 Å². The first-order valence-electron chi connectivity index (χ1n) is 5.57. The summed E-state index contributed by atoms with van der Waals surface area (Å²) in [4.78, 5) is 12.9. The van der Waals surface area contributed by atoms with E-state index in [1.807, 2.05) is 26.0 Å². The molecule has 0 aliphatic rings. The molecule has 0 saturated carbocycles. The quantitative estimate of drug-likeness (QED) is 0.843. The fourth-order valence-corrected chi connectivity index (χ4v) is 3.30. The lowest BCUT2D eigenvalue weighted by Gasteiger charge is -2.36. The van der Waals surface area contributed by atoms with E-state index >= 15 is 0 Å². The van der Waals surface area contributed by atoms with Gasteiger partial charge in [-0.1, -0.05) is 0 Å². The van der Waals surface area contributed by atoms with Gasteiger partial charge < -0.3 is 9.84 Å². The van der Waals surface area contributed by atoms with Gasteiger partial charge in [-0.2, -0.15) is 0 Å². The van der Waals surface area contributed by atoms with Crippen LogP contribution in [0.15, 0.2) is 29.2 Å². The highest BCUT2D eigenvalue weighted by atomic mass is 32.3. The number of carbonyl (C=O) groups is 1. The molecule has 0 unspecified atom stereocenters. The number of hydrogen-bond acceptors (Lipinski definition) is 3. The van der Waals surface area contributed by atoms with Gasteiger partial charge in [0.2, 0.25) is 0 Å². The molecule has 0 saturated heterocycles. The highest BCUT2D eigenvalue weighted by Gasteiger charge is 2.29.